The van der Waals surface area contributed by atoms with Crippen LogP contribution in [0.4, 0.5) is 0 Å². The lowest BCUT2D eigenvalue weighted by Gasteiger charge is -2.18. The minimum Gasteiger partial charge on any atom is -0.493 e. The number of rotatable bonds is 10. The maximum atomic E-state index is 12.8. The number of nitrogens with two attached hydrogens (primary N) is 1. The number of primary amides is 1. The van der Waals surface area contributed by atoms with Gasteiger partial charge in [0.1, 0.15) is 0 Å². The van der Waals surface area contributed by atoms with E-state index in [1.54, 1.807) is 0 Å². The Labute approximate surface area is 177 Å². The fourth-order valence-corrected chi connectivity index (χ4v) is 3.07. The SMILES string of the molecule is COc1cc(C(=O)NC(C)c2ccc(CC(C)C)cc2)cc(OC)c1OCC(N)=O. The van der Waals surface area contributed by atoms with E-state index in [9.17, 15) is 9.59 Å². The first-order valence-corrected chi connectivity index (χ1v) is 9.82. The zero-order valence-electron chi connectivity index (χ0n) is 18.2. The predicted octanol–water partition coefficient (Wildman–Crippen LogP) is 3.26. The molecule has 1 atom stereocenters. The molecule has 1 unspecified atom stereocenters. The summed E-state index contributed by atoms with van der Waals surface area (Å²) in [5.41, 5.74) is 7.76. The van der Waals surface area contributed by atoms with Crippen molar-refractivity contribution in [2.45, 2.75) is 33.2 Å². The number of ether oxygens (including phenoxy) is 3. The average molecular weight is 415 g/mol. The van der Waals surface area contributed by atoms with E-state index < -0.39 is 5.91 Å². The van der Waals surface area contributed by atoms with Crippen LogP contribution in [0.25, 0.3) is 0 Å². The maximum absolute atomic E-state index is 12.8. The van der Waals surface area contributed by atoms with Crippen molar-refractivity contribution in [3.8, 4) is 17.2 Å². The molecule has 162 valence electrons. The summed E-state index contributed by atoms with van der Waals surface area (Å²) < 4.78 is 16.0. The van der Waals surface area contributed by atoms with Gasteiger partial charge in [-0.25, -0.2) is 0 Å². The van der Waals surface area contributed by atoms with Gasteiger partial charge in [-0.15, -0.1) is 0 Å². The van der Waals surface area contributed by atoms with Crippen molar-refractivity contribution in [3.63, 3.8) is 0 Å². The van der Waals surface area contributed by atoms with E-state index in [0.717, 1.165) is 12.0 Å². The molecule has 0 spiro atoms. The van der Waals surface area contributed by atoms with E-state index >= 15 is 0 Å². The summed E-state index contributed by atoms with van der Waals surface area (Å²) in [7, 11) is 2.88. The lowest BCUT2D eigenvalue weighted by atomic mass is 10.00. The maximum Gasteiger partial charge on any atom is 0.255 e. The summed E-state index contributed by atoms with van der Waals surface area (Å²) in [4.78, 5) is 23.8. The van der Waals surface area contributed by atoms with E-state index in [0.29, 0.717) is 11.5 Å². The normalized spacial score (nSPS) is 11.7. The largest absolute Gasteiger partial charge is 0.493 e. The molecular formula is C23H30N2O5. The molecule has 0 heterocycles. The molecule has 0 aliphatic rings. The van der Waals surface area contributed by atoms with Gasteiger partial charge in [0.05, 0.1) is 20.3 Å². The summed E-state index contributed by atoms with van der Waals surface area (Å²) in [6.07, 6.45) is 1.02. The molecule has 0 saturated carbocycles. The number of methoxy groups -OCH3 is 2. The summed E-state index contributed by atoms with van der Waals surface area (Å²) in [6.45, 7) is 5.96. The second-order valence-electron chi connectivity index (χ2n) is 7.50. The highest BCUT2D eigenvalue weighted by Crippen LogP contribution is 2.38. The van der Waals surface area contributed by atoms with E-state index in [1.807, 2.05) is 19.1 Å². The molecule has 0 bridgehead atoms. The van der Waals surface area contributed by atoms with Gasteiger partial charge in [-0.3, -0.25) is 9.59 Å². The van der Waals surface area contributed by atoms with Crippen LogP contribution >= 0.6 is 0 Å². The number of hydrogen-bond acceptors (Lipinski definition) is 5. The Balaban J connectivity index is 2.18. The van der Waals surface area contributed by atoms with Crippen LogP contribution in [0.3, 0.4) is 0 Å². The van der Waals surface area contributed by atoms with Gasteiger partial charge in [0, 0.05) is 5.56 Å². The van der Waals surface area contributed by atoms with Crippen LogP contribution in [0, 0.1) is 5.92 Å². The van der Waals surface area contributed by atoms with Crippen molar-refractivity contribution < 1.29 is 23.8 Å². The number of carbonyl (C=O) groups is 2. The van der Waals surface area contributed by atoms with Crippen molar-refractivity contribution in [1.29, 1.82) is 0 Å². The molecule has 2 amide bonds. The van der Waals surface area contributed by atoms with Gasteiger partial charge in [-0.1, -0.05) is 38.1 Å². The number of hydrogen-bond donors (Lipinski definition) is 2. The van der Waals surface area contributed by atoms with Crippen molar-refractivity contribution in [2.75, 3.05) is 20.8 Å². The Kier molecular flexibility index (Phi) is 8.09. The van der Waals surface area contributed by atoms with Crippen molar-refractivity contribution in [2.24, 2.45) is 11.7 Å². The molecule has 0 saturated heterocycles. The quantitative estimate of drug-likeness (QED) is 0.622. The van der Waals surface area contributed by atoms with E-state index in [-0.39, 0.29) is 35.8 Å². The smallest absolute Gasteiger partial charge is 0.255 e. The number of benzene rings is 2. The molecule has 2 rings (SSSR count). The predicted molar refractivity (Wildman–Crippen MR) is 115 cm³/mol. The standard InChI is InChI=1S/C23H30N2O5/c1-14(2)10-16-6-8-17(9-7-16)15(3)25-23(27)18-11-19(28-4)22(20(12-18)29-5)30-13-21(24)26/h6-9,11-12,14-15H,10,13H2,1-5H3,(H2,24,26)(H,25,27). The Hall–Kier alpha value is -3.22. The van der Waals surface area contributed by atoms with Gasteiger partial charge in [0.15, 0.2) is 18.1 Å². The number of nitrogens with one attached hydrogen (secondary N) is 1. The van der Waals surface area contributed by atoms with Crippen molar-refractivity contribution in [3.05, 3.63) is 53.1 Å². The first-order valence-electron chi connectivity index (χ1n) is 9.82. The van der Waals surface area contributed by atoms with Crippen LogP contribution < -0.4 is 25.3 Å². The Morgan fingerprint density at radius 1 is 1.00 bits per heavy atom. The van der Waals surface area contributed by atoms with Crippen molar-refractivity contribution >= 4 is 11.8 Å². The van der Waals surface area contributed by atoms with Gasteiger partial charge in [-0.2, -0.15) is 0 Å². The molecule has 7 nitrogen and oxygen atoms in total. The monoisotopic (exact) mass is 414 g/mol. The van der Waals surface area contributed by atoms with E-state index in [1.165, 1.54) is 31.9 Å². The van der Waals surface area contributed by atoms with Gasteiger partial charge in [0.25, 0.3) is 11.8 Å². The molecule has 30 heavy (non-hydrogen) atoms. The zero-order valence-corrected chi connectivity index (χ0v) is 18.2. The van der Waals surface area contributed by atoms with Gasteiger partial charge >= 0.3 is 0 Å². The second-order valence-corrected chi connectivity index (χ2v) is 7.50. The van der Waals surface area contributed by atoms with Gasteiger partial charge < -0.3 is 25.3 Å². The van der Waals surface area contributed by atoms with E-state index in [4.69, 9.17) is 19.9 Å². The lowest BCUT2D eigenvalue weighted by Crippen LogP contribution is -2.27. The average Bonchev–Trinajstić information content (AvgIpc) is 2.71. The third-order valence-electron chi connectivity index (χ3n) is 4.55. The highest BCUT2D eigenvalue weighted by molar-refractivity contribution is 5.96. The van der Waals surface area contributed by atoms with Crippen LogP contribution in [-0.4, -0.2) is 32.6 Å². The van der Waals surface area contributed by atoms with Crippen LogP contribution in [0.1, 0.15) is 48.3 Å². The Morgan fingerprint density at radius 3 is 2.03 bits per heavy atom. The lowest BCUT2D eigenvalue weighted by molar-refractivity contribution is -0.120. The van der Waals surface area contributed by atoms with Crippen LogP contribution in [0.2, 0.25) is 0 Å². The highest BCUT2D eigenvalue weighted by atomic mass is 16.5. The van der Waals surface area contributed by atoms with Crippen molar-refractivity contribution in [1.82, 2.24) is 5.32 Å². The molecular weight excluding hydrogens is 384 g/mol. The molecule has 2 aromatic rings. The minimum atomic E-state index is -0.630. The molecule has 0 aliphatic carbocycles. The second kappa shape index (κ2) is 10.5. The third-order valence-corrected chi connectivity index (χ3v) is 4.55. The van der Waals surface area contributed by atoms with Crippen LogP contribution in [0.15, 0.2) is 36.4 Å². The molecule has 0 aromatic heterocycles. The summed E-state index contributed by atoms with van der Waals surface area (Å²) in [5.74, 6) is 0.427. The molecule has 3 N–H and O–H groups in total. The fraction of sp³-hybridized carbons (Fsp3) is 0.391. The molecule has 0 aliphatic heterocycles. The first kappa shape index (κ1) is 23.1. The molecule has 2 aromatic carbocycles. The van der Waals surface area contributed by atoms with Gasteiger partial charge in [0.2, 0.25) is 5.75 Å². The summed E-state index contributed by atoms with van der Waals surface area (Å²) in [6, 6.07) is 11.1. The fourth-order valence-electron chi connectivity index (χ4n) is 3.07. The molecule has 7 heteroatoms. The molecule has 0 fully saturated rings. The molecule has 0 radical (unpaired) electrons. The highest BCUT2D eigenvalue weighted by Gasteiger charge is 2.19. The van der Waals surface area contributed by atoms with Crippen LogP contribution in [0.5, 0.6) is 17.2 Å². The van der Waals surface area contributed by atoms with E-state index in [2.05, 4.69) is 31.3 Å². The Morgan fingerprint density at radius 2 is 1.57 bits per heavy atom. The Bertz CT molecular complexity index is 853. The van der Waals surface area contributed by atoms with Crippen LogP contribution in [-0.2, 0) is 11.2 Å². The van der Waals surface area contributed by atoms with Gasteiger partial charge in [-0.05, 0) is 42.5 Å². The first-order chi connectivity index (χ1) is 14.2. The number of carbonyl (C=O) groups excluding carboxylic acids is 2. The number of amides is 2. The third kappa shape index (κ3) is 6.14. The zero-order chi connectivity index (χ0) is 22.3. The summed E-state index contributed by atoms with van der Waals surface area (Å²) >= 11 is 0. The topological polar surface area (TPSA) is 99.9 Å². The minimum absolute atomic E-state index is 0.187. The summed E-state index contributed by atoms with van der Waals surface area (Å²) in [5, 5.41) is 2.98.